The molecule has 0 aliphatic heterocycles. The summed E-state index contributed by atoms with van der Waals surface area (Å²) in [7, 11) is 0. The summed E-state index contributed by atoms with van der Waals surface area (Å²) in [6.07, 6.45) is 6.47. The number of benzene rings is 1. The number of para-hydroxylation sites is 1. The molecule has 1 aliphatic carbocycles. The topological polar surface area (TPSA) is 15.3 Å². The second-order valence-electron chi connectivity index (χ2n) is 6.05. The molecule has 1 aliphatic rings. The Morgan fingerprint density at radius 1 is 1.14 bits per heavy atom. The minimum absolute atomic E-state index is 0.104. The number of halogens is 1. The van der Waals surface area contributed by atoms with Crippen LogP contribution in [0.25, 0.3) is 0 Å². The lowest BCUT2D eigenvalue weighted by Crippen LogP contribution is -2.42. The standard InChI is InChI=1S/C18H29FN2/c1-3-20-17-12-7-5-6-10-15(17)14-21(4-2)18-13-9-8-11-16(18)19/h8-9,11,13,15,17,20H,3-7,10,12,14H2,1-2H3. The van der Waals surface area contributed by atoms with Gasteiger partial charge in [0.2, 0.25) is 0 Å². The molecule has 3 heteroatoms. The van der Waals surface area contributed by atoms with E-state index in [0.29, 0.717) is 12.0 Å². The zero-order valence-corrected chi connectivity index (χ0v) is 13.4. The molecule has 0 heterocycles. The van der Waals surface area contributed by atoms with Crippen molar-refractivity contribution in [2.24, 2.45) is 5.92 Å². The summed E-state index contributed by atoms with van der Waals surface area (Å²) in [6.45, 7) is 7.13. The Labute approximate surface area is 128 Å². The summed E-state index contributed by atoms with van der Waals surface area (Å²) in [4.78, 5) is 2.20. The highest BCUT2D eigenvalue weighted by molar-refractivity contribution is 5.47. The van der Waals surface area contributed by atoms with Gasteiger partial charge in [0.1, 0.15) is 5.82 Å². The lowest BCUT2D eigenvalue weighted by molar-refractivity contribution is 0.339. The fraction of sp³-hybridized carbons (Fsp3) is 0.667. The minimum atomic E-state index is -0.104. The number of hydrogen-bond acceptors (Lipinski definition) is 2. The summed E-state index contributed by atoms with van der Waals surface area (Å²) in [5.41, 5.74) is 0.750. The molecule has 0 bridgehead atoms. The monoisotopic (exact) mass is 292 g/mol. The molecule has 118 valence electrons. The quantitative estimate of drug-likeness (QED) is 0.790. The van der Waals surface area contributed by atoms with Crippen LogP contribution in [0.5, 0.6) is 0 Å². The molecular weight excluding hydrogens is 263 g/mol. The summed E-state index contributed by atoms with van der Waals surface area (Å²) in [5, 5.41) is 3.65. The van der Waals surface area contributed by atoms with Gasteiger partial charge in [-0.3, -0.25) is 0 Å². The molecule has 0 aromatic heterocycles. The number of nitrogens with one attached hydrogen (secondary N) is 1. The van der Waals surface area contributed by atoms with Gasteiger partial charge in [-0.2, -0.15) is 0 Å². The van der Waals surface area contributed by atoms with Crippen molar-refractivity contribution < 1.29 is 4.39 Å². The van der Waals surface area contributed by atoms with Gasteiger partial charge in [-0.25, -0.2) is 4.39 Å². The average Bonchev–Trinajstić information content (AvgIpc) is 2.71. The Morgan fingerprint density at radius 2 is 1.90 bits per heavy atom. The van der Waals surface area contributed by atoms with E-state index in [1.807, 2.05) is 12.1 Å². The predicted octanol–water partition coefficient (Wildman–Crippen LogP) is 4.21. The molecule has 0 saturated heterocycles. The largest absolute Gasteiger partial charge is 0.369 e. The van der Waals surface area contributed by atoms with Gasteiger partial charge in [-0.15, -0.1) is 0 Å². The molecule has 2 nitrogen and oxygen atoms in total. The molecule has 0 radical (unpaired) electrons. The molecule has 0 spiro atoms. The van der Waals surface area contributed by atoms with E-state index in [-0.39, 0.29) is 5.82 Å². The van der Waals surface area contributed by atoms with Gasteiger partial charge in [0.25, 0.3) is 0 Å². The summed E-state index contributed by atoms with van der Waals surface area (Å²) in [5.74, 6) is 0.514. The molecular formula is C18H29FN2. The van der Waals surface area contributed by atoms with Gasteiger partial charge >= 0.3 is 0 Å². The maximum Gasteiger partial charge on any atom is 0.146 e. The van der Waals surface area contributed by atoms with Crippen molar-refractivity contribution in [1.82, 2.24) is 5.32 Å². The molecule has 1 aromatic carbocycles. The van der Waals surface area contributed by atoms with Gasteiger partial charge in [0.15, 0.2) is 0 Å². The lowest BCUT2D eigenvalue weighted by atomic mass is 9.93. The zero-order valence-electron chi connectivity index (χ0n) is 13.4. The fourth-order valence-corrected chi connectivity index (χ4v) is 3.52. The fourth-order valence-electron chi connectivity index (χ4n) is 3.52. The summed E-state index contributed by atoms with van der Waals surface area (Å²) >= 11 is 0. The van der Waals surface area contributed by atoms with Crippen LogP contribution in [0.4, 0.5) is 10.1 Å². The molecule has 2 unspecified atom stereocenters. The van der Waals surface area contributed by atoms with Gasteiger partial charge in [-0.05, 0) is 44.4 Å². The summed E-state index contributed by atoms with van der Waals surface area (Å²) in [6, 6.07) is 7.73. The predicted molar refractivity (Wildman–Crippen MR) is 88.3 cm³/mol. The first-order valence-electron chi connectivity index (χ1n) is 8.49. The smallest absolute Gasteiger partial charge is 0.146 e. The molecule has 1 aromatic rings. The van der Waals surface area contributed by atoms with E-state index in [1.165, 1.54) is 32.1 Å². The SMILES string of the molecule is CCNC1CCCCCC1CN(CC)c1ccccc1F. The molecule has 1 N–H and O–H groups in total. The molecule has 1 fully saturated rings. The van der Waals surface area contributed by atoms with E-state index in [0.717, 1.165) is 25.3 Å². The maximum atomic E-state index is 14.0. The van der Waals surface area contributed by atoms with Gasteiger partial charge in [0, 0.05) is 19.1 Å². The van der Waals surface area contributed by atoms with Gasteiger partial charge in [-0.1, -0.05) is 38.3 Å². The maximum absolute atomic E-state index is 14.0. The molecule has 2 atom stereocenters. The van der Waals surface area contributed by atoms with Gasteiger partial charge in [0.05, 0.1) is 5.69 Å². The molecule has 2 rings (SSSR count). The first kappa shape index (κ1) is 16.3. The Kier molecular flexibility index (Phi) is 6.50. The highest BCUT2D eigenvalue weighted by Gasteiger charge is 2.25. The summed E-state index contributed by atoms with van der Waals surface area (Å²) < 4.78 is 14.0. The molecule has 21 heavy (non-hydrogen) atoms. The lowest BCUT2D eigenvalue weighted by Gasteiger charge is -2.33. The van der Waals surface area contributed by atoms with Crippen LogP contribution in [0, 0.1) is 11.7 Å². The van der Waals surface area contributed by atoms with Crippen LogP contribution in [0.15, 0.2) is 24.3 Å². The first-order valence-corrected chi connectivity index (χ1v) is 8.49. The Hall–Kier alpha value is -1.09. The van der Waals surface area contributed by atoms with Crippen LogP contribution in [-0.4, -0.2) is 25.7 Å². The highest BCUT2D eigenvalue weighted by atomic mass is 19.1. The Morgan fingerprint density at radius 3 is 2.62 bits per heavy atom. The van der Waals surface area contributed by atoms with Crippen molar-refractivity contribution in [2.75, 3.05) is 24.5 Å². The molecule has 1 saturated carbocycles. The Balaban J connectivity index is 2.09. The van der Waals surface area contributed by atoms with Crippen molar-refractivity contribution in [3.05, 3.63) is 30.1 Å². The first-order chi connectivity index (χ1) is 10.3. The van der Waals surface area contributed by atoms with E-state index in [2.05, 4.69) is 24.1 Å². The molecule has 0 amide bonds. The van der Waals surface area contributed by atoms with Crippen LogP contribution in [0.1, 0.15) is 46.0 Å². The van der Waals surface area contributed by atoms with Crippen molar-refractivity contribution in [2.45, 2.75) is 52.0 Å². The van der Waals surface area contributed by atoms with Crippen LogP contribution in [0.2, 0.25) is 0 Å². The van der Waals surface area contributed by atoms with Crippen molar-refractivity contribution >= 4 is 5.69 Å². The number of nitrogens with zero attached hydrogens (tertiary/aromatic N) is 1. The minimum Gasteiger partial charge on any atom is -0.369 e. The number of anilines is 1. The second-order valence-corrected chi connectivity index (χ2v) is 6.05. The van der Waals surface area contributed by atoms with E-state index in [4.69, 9.17) is 0 Å². The number of rotatable bonds is 6. The van der Waals surface area contributed by atoms with Crippen molar-refractivity contribution in [1.29, 1.82) is 0 Å². The van der Waals surface area contributed by atoms with E-state index < -0.39 is 0 Å². The zero-order chi connectivity index (χ0) is 15.1. The van der Waals surface area contributed by atoms with Crippen LogP contribution in [0.3, 0.4) is 0 Å². The number of hydrogen-bond donors (Lipinski definition) is 1. The van der Waals surface area contributed by atoms with Crippen LogP contribution in [-0.2, 0) is 0 Å². The van der Waals surface area contributed by atoms with Gasteiger partial charge < -0.3 is 10.2 Å². The van der Waals surface area contributed by atoms with E-state index in [9.17, 15) is 4.39 Å². The van der Waals surface area contributed by atoms with E-state index in [1.54, 1.807) is 12.1 Å². The van der Waals surface area contributed by atoms with Crippen LogP contribution >= 0.6 is 0 Å². The van der Waals surface area contributed by atoms with E-state index >= 15 is 0 Å². The third-order valence-electron chi connectivity index (χ3n) is 4.66. The Bertz CT molecular complexity index is 421. The van der Waals surface area contributed by atoms with Crippen molar-refractivity contribution in [3.8, 4) is 0 Å². The highest BCUT2D eigenvalue weighted by Crippen LogP contribution is 2.27. The normalized spacial score (nSPS) is 22.8. The van der Waals surface area contributed by atoms with Crippen LogP contribution < -0.4 is 10.2 Å². The average molecular weight is 292 g/mol. The third kappa shape index (κ3) is 4.44. The second kappa shape index (κ2) is 8.38. The van der Waals surface area contributed by atoms with Crippen molar-refractivity contribution in [3.63, 3.8) is 0 Å². The third-order valence-corrected chi connectivity index (χ3v) is 4.66.